The van der Waals surface area contributed by atoms with Crippen LogP contribution in [0.5, 0.6) is 0 Å². The molecular weight excluding hydrogens is 787 g/mol. The van der Waals surface area contributed by atoms with Crippen molar-refractivity contribution in [3.05, 3.63) is 157 Å². The fraction of sp³-hybridized carbons (Fsp3) is 0.0750. The third kappa shape index (κ3) is 4.89. The van der Waals surface area contributed by atoms with Gasteiger partial charge in [-0.05, 0) is 24.7 Å². The maximum atomic E-state index is 3.59. The van der Waals surface area contributed by atoms with Gasteiger partial charge in [-0.15, -0.1) is 0 Å². The fourth-order valence-electron chi connectivity index (χ4n) is 7.04. The Morgan fingerprint density at radius 1 is 0.644 bits per heavy atom. The molecule has 0 atom stereocenters. The summed E-state index contributed by atoms with van der Waals surface area (Å²) in [5, 5.41) is 0. The van der Waals surface area contributed by atoms with Crippen molar-refractivity contribution < 1.29 is 25.6 Å². The second-order valence-electron chi connectivity index (χ2n) is 12.2. The van der Waals surface area contributed by atoms with Crippen LogP contribution in [0.25, 0.3) is 33.5 Å². The van der Waals surface area contributed by atoms with Crippen molar-refractivity contribution in [1.82, 2.24) is 4.57 Å². The second-order valence-corrected chi connectivity index (χ2v) is 21.2. The molecule has 0 amide bonds. The van der Waals surface area contributed by atoms with Crippen molar-refractivity contribution in [3.8, 4) is 22.5 Å². The van der Waals surface area contributed by atoms with Gasteiger partial charge in [0.2, 0.25) is 0 Å². The first-order valence-corrected chi connectivity index (χ1v) is 21.5. The normalized spacial score (nSPS) is 13.2. The van der Waals surface area contributed by atoms with Crippen molar-refractivity contribution in [2.45, 2.75) is 18.4 Å². The van der Waals surface area contributed by atoms with Crippen LogP contribution in [0.2, 0.25) is 11.5 Å². The van der Waals surface area contributed by atoms with Crippen LogP contribution in [0.1, 0.15) is 5.56 Å². The molecule has 1 aromatic heterocycles. The molecule has 9 rings (SSSR count). The molecule has 0 bridgehead atoms. The molecule has 0 unspecified atom stereocenters. The van der Waals surface area contributed by atoms with Crippen LogP contribution in [0.4, 0.5) is 0 Å². The Labute approximate surface area is 283 Å². The molecule has 2 aliphatic rings. The van der Waals surface area contributed by atoms with E-state index in [4.69, 9.17) is 0 Å². The number of benzene rings is 6. The predicted octanol–water partition coefficient (Wildman–Crippen LogP) is 4.73. The molecule has 7 aromatic rings. The van der Waals surface area contributed by atoms with Crippen LogP contribution in [0, 0.1) is 31.5 Å². The van der Waals surface area contributed by atoms with Gasteiger partial charge in [-0.1, -0.05) is 42.0 Å². The van der Waals surface area contributed by atoms with E-state index >= 15 is 0 Å². The summed E-state index contributed by atoms with van der Waals surface area (Å²) in [6.07, 6.45) is 3.44. The average Bonchev–Trinajstić information content (AvgIpc) is 3.62. The first-order valence-electron chi connectivity index (χ1n) is 15.2. The summed E-state index contributed by atoms with van der Waals surface area (Å²) in [5.74, 6) is 5.04. The van der Waals surface area contributed by atoms with E-state index in [1.807, 2.05) is 30.3 Å². The first kappa shape index (κ1) is 29.8. The monoisotopic (exact) mass is 818 g/mol. The maximum absolute atomic E-state index is 3.59. The molecule has 0 saturated heterocycles. The van der Waals surface area contributed by atoms with Gasteiger partial charge in [-0.2, -0.15) is 30.3 Å². The Kier molecular flexibility index (Phi) is 7.80. The smallest absolute Gasteiger partial charge is 4.00 e. The molecule has 2 nitrogen and oxygen atoms in total. The quantitative estimate of drug-likeness (QED) is 0.136. The second kappa shape index (κ2) is 11.8. The molecule has 45 heavy (non-hydrogen) atoms. The Hall–Kier alpha value is -3.91. The van der Waals surface area contributed by atoms with E-state index in [-0.39, 0.29) is 21.1 Å². The van der Waals surface area contributed by atoms with Crippen LogP contribution in [-0.2, 0) is 21.1 Å². The number of nitrogens with zero attached hydrogens (tertiary/aromatic N) is 2. The van der Waals surface area contributed by atoms with Gasteiger partial charge in [-0.25, -0.2) is 0 Å². The molecule has 3 heterocycles. The minimum Gasteiger partial charge on any atom is 4.00 e. The number of fused-ring (bicyclic) bond motifs is 6. The summed E-state index contributed by atoms with van der Waals surface area (Å²) in [6, 6.07) is 55.1. The van der Waals surface area contributed by atoms with Gasteiger partial charge >= 0.3 is 156 Å². The van der Waals surface area contributed by atoms with Gasteiger partial charge in [0.15, 0.2) is 0 Å². The number of para-hydroxylation sites is 3. The average molecular weight is 817 g/mol. The zero-order valence-corrected chi connectivity index (χ0v) is 29.8. The summed E-state index contributed by atoms with van der Waals surface area (Å²) in [4.78, 5) is 0. The molecule has 216 valence electrons. The maximum Gasteiger partial charge on any atom is 4.00 e. The molecule has 0 aliphatic carbocycles. The van der Waals surface area contributed by atoms with E-state index < -0.39 is 13.3 Å². The largest absolute Gasteiger partial charge is 4.00 e. The number of rotatable bonds is 2. The van der Waals surface area contributed by atoms with Crippen molar-refractivity contribution in [3.63, 3.8) is 0 Å². The topological polar surface area (TPSA) is 8.81 Å². The molecule has 5 heteroatoms. The molecule has 0 radical (unpaired) electrons. The third-order valence-electron chi connectivity index (χ3n) is 9.17. The van der Waals surface area contributed by atoms with Gasteiger partial charge in [-0.3, -0.25) is 4.57 Å². The fourth-order valence-corrected chi connectivity index (χ4v) is 13.7. The van der Waals surface area contributed by atoms with Crippen molar-refractivity contribution in [2.75, 3.05) is 0 Å². The molecule has 0 spiro atoms. The molecular formula is C40H30BGeN2Pt+. The van der Waals surface area contributed by atoms with Crippen LogP contribution in [-0.4, -0.2) is 24.5 Å². The zero-order valence-electron chi connectivity index (χ0n) is 25.4. The van der Waals surface area contributed by atoms with Crippen LogP contribution in [0.15, 0.2) is 127 Å². The van der Waals surface area contributed by atoms with Gasteiger partial charge < -0.3 is 4.57 Å². The van der Waals surface area contributed by atoms with Gasteiger partial charge in [0, 0.05) is 0 Å². The Morgan fingerprint density at radius 2 is 1.33 bits per heavy atom. The summed E-state index contributed by atoms with van der Waals surface area (Å²) in [6.45, 7) is 2.44. The summed E-state index contributed by atoms with van der Waals surface area (Å²) in [5.41, 5.74) is 12.7. The van der Waals surface area contributed by atoms with Crippen molar-refractivity contribution in [2.24, 2.45) is 0 Å². The van der Waals surface area contributed by atoms with E-state index in [1.54, 1.807) is 14.3 Å². The summed E-state index contributed by atoms with van der Waals surface area (Å²) in [7, 11) is 0. The predicted molar refractivity (Wildman–Crippen MR) is 185 cm³/mol. The number of hydrogen-bond donors (Lipinski definition) is 0. The minimum atomic E-state index is -2.24. The van der Waals surface area contributed by atoms with E-state index in [0.29, 0.717) is 6.71 Å². The van der Waals surface area contributed by atoms with E-state index in [1.165, 1.54) is 27.6 Å². The van der Waals surface area contributed by atoms with Crippen molar-refractivity contribution in [1.29, 1.82) is 0 Å². The molecule has 0 saturated carbocycles. The molecule has 2 aliphatic heterocycles. The number of hydrogen-bond acceptors (Lipinski definition) is 0. The molecule has 0 fully saturated rings. The Morgan fingerprint density at radius 3 is 2.13 bits per heavy atom. The molecule has 0 N–H and O–H groups in total. The number of aromatic nitrogens is 2. The summed E-state index contributed by atoms with van der Waals surface area (Å²) >= 11 is -2.24. The van der Waals surface area contributed by atoms with Crippen LogP contribution in [0.3, 0.4) is 0 Å². The number of imidazole rings is 1. The molecule has 6 aromatic carbocycles. The number of aryl methyl sites for hydroxylation is 1. The summed E-state index contributed by atoms with van der Waals surface area (Å²) < 4.78 is 7.37. The van der Waals surface area contributed by atoms with Gasteiger partial charge in [0.05, 0.1) is 16.7 Å². The van der Waals surface area contributed by atoms with Crippen LogP contribution >= 0.6 is 0 Å². The SMILES string of the molecule is Cc1ccc(-[n+]2[c-]n(-c3[c-]cccc3)c3ccccc32)cc1.[CH3][Ge]1([CH3])[c]2ccc[c-]c2B2c3[c-]cccc3-c3ccc[c]1c32.[Pt+4]. The standard InChI is InChI=1S/C20H15BGe.C20H15N2.Pt/c1-22(2)18-12-6-5-11-17(18)21-16-10-4-3-8-14(16)15-9-7-13-19(22)20(15)21;1-16-11-13-18(14-12-16)22-15-21(17-7-3-2-4-8-17)19-9-5-6-10-20(19)22;/h3-9,12-13H,1-2H3;2-7,9-14H,1H3;/q-2;-1;+4. The van der Waals surface area contributed by atoms with E-state index in [9.17, 15) is 0 Å². The van der Waals surface area contributed by atoms with Crippen molar-refractivity contribution >= 4 is 56.2 Å². The zero-order chi connectivity index (χ0) is 29.8. The Bertz CT molecular complexity index is 2170. The van der Waals surface area contributed by atoms with E-state index in [2.05, 4.69) is 149 Å². The third-order valence-corrected chi connectivity index (χ3v) is 16.7. The first-order chi connectivity index (χ1) is 21.5. The van der Waals surface area contributed by atoms with Gasteiger partial charge in [0.1, 0.15) is 0 Å². The van der Waals surface area contributed by atoms with E-state index in [0.717, 1.165) is 22.4 Å². The van der Waals surface area contributed by atoms with Gasteiger partial charge in [0.25, 0.3) is 6.33 Å². The minimum absolute atomic E-state index is 0. The van der Waals surface area contributed by atoms with Crippen LogP contribution < -0.4 is 29.7 Å². The Balaban J connectivity index is 0.000000141.